The quantitative estimate of drug-likeness (QED) is 0.336. The van der Waals surface area contributed by atoms with Crippen LogP contribution in [0.2, 0.25) is 0 Å². The van der Waals surface area contributed by atoms with Crippen LogP contribution >= 0.6 is 0 Å². The molecule has 0 radical (unpaired) electrons. The fourth-order valence-corrected chi connectivity index (χ4v) is 4.74. The standard InChI is InChI=1S/C27H21N/c1-28-19-20-10-9-13-22(18-20)27(21-11-3-2-4-12-21)25-16-7-5-14-23(25)24-15-6-8-17-26(24)27/h2-18H,1,19H2. The number of benzene rings is 4. The van der Waals surface area contributed by atoms with E-state index in [1.807, 2.05) is 0 Å². The van der Waals surface area contributed by atoms with Gasteiger partial charge in [0.2, 0.25) is 0 Å². The van der Waals surface area contributed by atoms with Crippen molar-refractivity contribution in [3.05, 3.63) is 131 Å². The molecule has 1 aliphatic carbocycles. The van der Waals surface area contributed by atoms with Gasteiger partial charge in [-0.25, -0.2) is 0 Å². The lowest BCUT2D eigenvalue weighted by Crippen LogP contribution is -2.28. The van der Waals surface area contributed by atoms with Crippen LogP contribution in [0.15, 0.2) is 108 Å². The van der Waals surface area contributed by atoms with Crippen LogP contribution in [0, 0.1) is 0 Å². The van der Waals surface area contributed by atoms with Crippen LogP contribution in [0.4, 0.5) is 0 Å². The van der Waals surface area contributed by atoms with Crippen LogP contribution in [0.25, 0.3) is 11.1 Å². The highest BCUT2D eigenvalue weighted by Gasteiger charge is 2.45. The molecule has 0 unspecified atom stereocenters. The molecule has 1 nitrogen and oxygen atoms in total. The van der Waals surface area contributed by atoms with E-state index in [1.54, 1.807) is 0 Å². The van der Waals surface area contributed by atoms with Gasteiger partial charge in [-0.2, -0.15) is 0 Å². The molecule has 0 heterocycles. The van der Waals surface area contributed by atoms with Crippen molar-refractivity contribution < 1.29 is 0 Å². The van der Waals surface area contributed by atoms with E-state index in [0.29, 0.717) is 6.54 Å². The third-order valence-corrected chi connectivity index (χ3v) is 5.81. The number of rotatable bonds is 4. The van der Waals surface area contributed by atoms with Crippen LogP contribution in [0.1, 0.15) is 27.8 Å². The molecule has 28 heavy (non-hydrogen) atoms. The zero-order valence-electron chi connectivity index (χ0n) is 15.7. The van der Waals surface area contributed by atoms with Gasteiger partial charge in [0.25, 0.3) is 0 Å². The molecule has 0 amide bonds. The SMILES string of the molecule is C=NCc1cccc(C2(c3ccccc3)c3ccccc3-c3ccccc32)c1. The van der Waals surface area contributed by atoms with E-state index < -0.39 is 0 Å². The molecule has 1 aliphatic rings. The van der Waals surface area contributed by atoms with Gasteiger partial charge in [0.15, 0.2) is 0 Å². The van der Waals surface area contributed by atoms with Gasteiger partial charge in [-0.05, 0) is 45.7 Å². The van der Waals surface area contributed by atoms with Crippen molar-refractivity contribution in [3.8, 4) is 11.1 Å². The summed E-state index contributed by atoms with van der Waals surface area (Å²) < 4.78 is 0. The first-order valence-electron chi connectivity index (χ1n) is 9.62. The topological polar surface area (TPSA) is 12.4 Å². The van der Waals surface area contributed by atoms with Gasteiger partial charge in [-0.15, -0.1) is 0 Å². The monoisotopic (exact) mass is 359 g/mol. The fourth-order valence-electron chi connectivity index (χ4n) is 4.74. The molecule has 0 aromatic heterocycles. The Bertz CT molecular complexity index is 1110. The maximum absolute atomic E-state index is 4.11. The summed E-state index contributed by atoms with van der Waals surface area (Å²) in [5.41, 5.74) is 8.73. The van der Waals surface area contributed by atoms with E-state index in [-0.39, 0.29) is 5.41 Å². The summed E-state index contributed by atoms with van der Waals surface area (Å²) >= 11 is 0. The average Bonchev–Trinajstić information content (AvgIpc) is 3.06. The molecular formula is C27H21N. The lowest BCUT2D eigenvalue weighted by molar-refractivity contribution is 0.766. The summed E-state index contributed by atoms with van der Waals surface area (Å²) in [5, 5.41) is 0. The molecular weight excluding hydrogens is 338 g/mol. The predicted molar refractivity (Wildman–Crippen MR) is 117 cm³/mol. The number of fused-ring (bicyclic) bond motifs is 3. The normalized spacial score (nSPS) is 13.6. The first kappa shape index (κ1) is 16.7. The van der Waals surface area contributed by atoms with Gasteiger partial charge < -0.3 is 0 Å². The Balaban J connectivity index is 1.92. The average molecular weight is 359 g/mol. The second-order valence-electron chi connectivity index (χ2n) is 7.29. The number of nitrogens with zero attached hydrogens (tertiary/aromatic N) is 1. The predicted octanol–water partition coefficient (Wildman–Crippen LogP) is 6.25. The number of hydrogen-bond donors (Lipinski definition) is 0. The van der Waals surface area contributed by atoms with E-state index in [0.717, 1.165) is 0 Å². The van der Waals surface area contributed by atoms with E-state index >= 15 is 0 Å². The van der Waals surface area contributed by atoms with Crippen molar-refractivity contribution in [2.75, 3.05) is 0 Å². The van der Waals surface area contributed by atoms with E-state index in [4.69, 9.17) is 0 Å². The van der Waals surface area contributed by atoms with Gasteiger partial charge in [-0.3, -0.25) is 4.99 Å². The molecule has 0 fully saturated rings. The van der Waals surface area contributed by atoms with E-state index in [9.17, 15) is 0 Å². The molecule has 5 rings (SSSR count). The lowest BCUT2D eigenvalue weighted by Gasteiger charge is -2.34. The van der Waals surface area contributed by atoms with Crippen LogP contribution in [-0.2, 0) is 12.0 Å². The molecule has 0 aliphatic heterocycles. The van der Waals surface area contributed by atoms with Crippen molar-refractivity contribution in [1.82, 2.24) is 0 Å². The summed E-state index contributed by atoms with van der Waals surface area (Å²) in [6.45, 7) is 4.31. The number of aliphatic imine (C=N–C) groups is 1. The van der Waals surface area contributed by atoms with Gasteiger partial charge in [-0.1, -0.05) is 103 Å². The summed E-state index contributed by atoms with van der Waals surface area (Å²) in [7, 11) is 0. The summed E-state index contributed by atoms with van der Waals surface area (Å²) in [6.07, 6.45) is 0. The zero-order valence-corrected chi connectivity index (χ0v) is 15.7. The Morgan fingerprint density at radius 3 is 1.82 bits per heavy atom. The zero-order chi connectivity index (χ0) is 19.0. The Morgan fingerprint density at radius 1 is 0.607 bits per heavy atom. The first-order chi connectivity index (χ1) is 13.9. The minimum absolute atomic E-state index is 0.328. The third-order valence-electron chi connectivity index (χ3n) is 5.81. The maximum atomic E-state index is 4.11. The Labute approximate surface area is 166 Å². The summed E-state index contributed by atoms with van der Waals surface area (Å²) in [6, 6.07) is 37.3. The maximum Gasteiger partial charge on any atom is 0.0713 e. The van der Waals surface area contributed by atoms with Crippen molar-refractivity contribution in [2.45, 2.75) is 12.0 Å². The van der Waals surface area contributed by atoms with Crippen molar-refractivity contribution in [1.29, 1.82) is 0 Å². The Kier molecular flexibility index (Phi) is 3.95. The molecule has 0 saturated carbocycles. The highest BCUT2D eigenvalue weighted by Crippen LogP contribution is 2.55. The minimum atomic E-state index is -0.328. The highest BCUT2D eigenvalue weighted by molar-refractivity contribution is 5.86. The van der Waals surface area contributed by atoms with E-state index in [1.165, 1.54) is 38.9 Å². The second kappa shape index (κ2) is 6.61. The van der Waals surface area contributed by atoms with E-state index in [2.05, 4.69) is 115 Å². The van der Waals surface area contributed by atoms with Crippen molar-refractivity contribution >= 4 is 6.72 Å². The molecule has 0 saturated heterocycles. The van der Waals surface area contributed by atoms with Crippen molar-refractivity contribution in [2.24, 2.45) is 4.99 Å². The molecule has 0 bridgehead atoms. The summed E-state index contributed by atoms with van der Waals surface area (Å²) in [4.78, 5) is 4.11. The van der Waals surface area contributed by atoms with Gasteiger partial charge >= 0.3 is 0 Å². The Morgan fingerprint density at radius 2 is 1.18 bits per heavy atom. The highest BCUT2D eigenvalue weighted by atomic mass is 14.7. The molecule has 4 aromatic rings. The molecule has 0 N–H and O–H groups in total. The molecule has 0 atom stereocenters. The molecule has 4 aromatic carbocycles. The largest absolute Gasteiger partial charge is 0.296 e. The van der Waals surface area contributed by atoms with Gasteiger partial charge in [0.05, 0.1) is 12.0 Å². The number of hydrogen-bond acceptors (Lipinski definition) is 1. The van der Waals surface area contributed by atoms with Crippen LogP contribution in [0.5, 0.6) is 0 Å². The minimum Gasteiger partial charge on any atom is -0.296 e. The van der Waals surface area contributed by atoms with Crippen molar-refractivity contribution in [3.63, 3.8) is 0 Å². The van der Waals surface area contributed by atoms with Crippen LogP contribution in [0.3, 0.4) is 0 Å². The Hall–Kier alpha value is -3.45. The molecule has 1 heteroatoms. The van der Waals surface area contributed by atoms with Crippen LogP contribution < -0.4 is 0 Å². The summed E-state index contributed by atoms with van der Waals surface area (Å²) in [5.74, 6) is 0. The van der Waals surface area contributed by atoms with Crippen LogP contribution in [-0.4, -0.2) is 6.72 Å². The smallest absolute Gasteiger partial charge is 0.0713 e. The molecule has 0 spiro atoms. The lowest BCUT2D eigenvalue weighted by atomic mass is 9.67. The fraction of sp³-hybridized carbons (Fsp3) is 0.0741. The first-order valence-corrected chi connectivity index (χ1v) is 9.62. The molecule has 134 valence electrons. The second-order valence-corrected chi connectivity index (χ2v) is 7.29. The van der Waals surface area contributed by atoms with Gasteiger partial charge in [0.1, 0.15) is 0 Å². The third kappa shape index (κ3) is 2.30. The van der Waals surface area contributed by atoms with Gasteiger partial charge in [0, 0.05) is 0 Å².